The summed E-state index contributed by atoms with van der Waals surface area (Å²) in [6, 6.07) is -0.165. The number of likely N-dealkylation sites (N-methyl/N-ethyl adjacent to an activating group) is 1. The van der Waals surface area contributed by atoms with E-state index in [4.69, 9.17) is 15.0 Å². The number of aromatic nitrogens is 2. The molecular formula is C12H22N4O2. The molecule has 1 aromatic heterocycles. The molecule has 6 nitrogen and oxygen atoms in total. The van der Waals surface area contributed by atoms with E-state index in [-0.39, 0.29) is 12.1 Å². The van der Waals surface area contributed by atoms with Gasteiger partial charge in [0.15, 0.2) is 0 Å². The Kier molecular flexibility index (Phi) is 4.68. The fraction of sp³-hybridized carbons (Fsp3) is 0.833. The molecule has 2 heterocycles. The molecule has 6 heteroatoms. The highest BCUT2D eigenvalue weighted by atomic mass is 16.5. The van der Waals surface area contributed by atoms with E-state index in [2.05, 4.69) is 28.9 Å². The summed E-state index contributed by atoms with van der Waals surface area (Å²) in [6.07, 6.45) is 1.77. The summed E-state index contributed by atoms with van der Waals surface area (Å²) < 4.78 is 10.9. The Balaban J connectivity index is 2.00. The summed E-state index contributed by atoms with van der Waals surface area (Å²) >= 11 is 0. The zero-order valence-corrected chi connectivity index (χ0v) is 11.1. The molecule has 1 unspecified atom stereocenters. The Hall–Kier alpha value is -0.980. The van der Waals surface area contributed by atoms with E-state index in [0.29, 0.717) is 18.3 Å². The normalized spacial score (nSPS) is 23.2. The molecular weight excluding hydrogens is 232 g/mol. The van der Waals surface area contributed by atoms with Crippen molar-refractivity contribution in [2.45, 2.75) is 38.8 Å². The van der Waals surface area contributed by atoms with Crippen LogP contribution in [-0.4, -0.2) is 41.3 Å². The van der Waals surface area contributed by atoms with Crippen molar-refractivity contribution in [3.8, 4) is 0 Å². The van der Waals surface area contributed by atoms with E-state index in [1.54, 1.807) is 0 Å². The van der Waals surface area contributed by atoms with Crippen molar-refractivity contribution in [3.63, 3.8) is 0 Å². The van der Waals surface area contributed by atoms with Crippen LogP contribution in [0.5, 0.6) is 0 Å². The van der Waals surface area contributed by atoms with Crippen molar-refractivity contribution in [1.82, 2.24) is 15.0 Å². The van der Waals surface area contributed by atoms with Gasteiger partial charge in [-0.3, -0.25) is 4.90 Å². The van der Waals surface area contributed by atoms with Gasteiger partial charge >= 0.3 is 0 Å². The molecule has 0 bridgehead atoms. The number of nitrogens with two attached hydrogens (primary N) is 1. The third kappa shape index (κ3) is 3.07. The van der Waals surface area contributed by atoms with Gasteiger partial charge in [-0.2, -0.15) is 4.98 Å². The Bertz CT molecular complexity index is 369. The smallest absolute Gasteiger partial charge is 0.243 e. The maximum absolute atomic E-state index is 5.95. The summed E-state index contributed by atoms with van der Waals surface area (Å²) in [6.45, 7) is 7.73. The molecule has 1 aliphatic heterocycles. The maximum atomic E-state index is 5.95. The predicted octanol–water partition coefficient (Wildman–Crippen LogP) is 1.26. The van der Waals surface area contributed by atoms with Crippen LogP contribution in [0.3, 0.4) is 0 Å². The molecule has 1 aliphatic rings. The Morgan fingerprint density at radius 1 is 1.50 bits per heavy atom. The van der Waals surface area contributed by atoms with Crippen LogP contribution in [0.2, 0.25) is 0 Å². The standard InChI is InChI=1S/C12H22N4O2/c1-3-5-9(13)12-14-11(15-18-12)10-8-16(4-2)6-7-17-10/h9-10H,3-8,13H2,1-2H3/t9-,10?/m0/s1. The zero-order valence-electron chi connectivity index (χ0n) is 11.1. The molecule has 0 saturated carbocycles. The second-order valence-corrected chi connectivity index (χ2v) is 4.64. The first-order valence-corrected chi connectivity index (χ1v) is 6.67. The van der Waals surface area contributed by atoms with Crippen molar-refractivity contribution < 1.29 is 9.26 Å². The van der Waals surface area contributed by atoms with Gasteiger partial charge in [-0.1, -0.05) is 25.4 Å². The van der Waals surface area contributed by atoms with Crippen LogP contribution in [-0.2, 0) is 4.74 Å². The van der Waals surface area contributed by atoms with Gasteiger partial charge in [0.05, 0.1) is 12.6 Å². The lowest BCUT2D eigenvalue weighted by Crippen LogP contribution is -2.38. The van der Waals surface area contributed by atoms with Crippen LogP contribution in [0.15, 0.2) is 4.52 Å². The molecule has 0 aromatic carbocycles. The number of ether oxygens (including phenoxy) is 1. The number of nitrogens with zero attached hydrogens (tertiary/aromatic N) is 3. The van der Waals surface area contributed by atoms with Gasteiger partial charge < -0.3 is 15.0 Å². The number of hydrogen-bond acceptors (Lipinski definition) is 6. The van der Waals surface area contributed by atoms with Crippen molar-refractivity contribution >= 4 is 0 Å². The number of morpholine rings is 1. The van der Waals surface area contributed by atoms with E-state index in [9.17, 15) is 0 Å². The summed E-state index contributed by atoms with van der Waals surface area (Å²) in [5.41, 5.74) is 5.95. The molecule has 2 rings (SSSR count). The summed E-state index contributed by atoms with van der Waals surface area (Å²) in [4.78, 5) is 6.68. The van der Waals surface area contributed by atoms with Gasteiger partial charge in [0, 0.05) is 13.1 Å². The minimum Gasteiger partial charge on any atom is -0.367 e. The molecule has 2 atom stereocenters. The van der Waals surface area contributed by atoms with Crippen molar-refractivity contribution in [2.24, 2.45) is 5.73 Å². The highest BCUT2D eigenvalue weighted by Crippen LogP contribution is 2.21. The van der Waals surface area contributed by atoms with Crippen molar-refractivity contribution in [3.05, 3.63) is 11.7 Å². The zero-order chi connectivity index (χ0) is 13.0. The lowest BCUT2D eigenvalue weighted by molar-refractivity contribution is -0.0334. The molecule has 102 valence electrons. The first-order valence-electron chi connectivity index (χ1n) is 6.67. The molecule has 0 spiro atoms. The van der Waals surface area contributed by atoms with Crippen LogP contribution in [0.25, 0.3) is 0 Å². The molecule has 2 N–H and O–H groups in total. The van der Waals surface area contributed by atoms with Gasteiger partial charge in [-0.15, -0.1) is 0 Å². The first kappa shape index (κ1) is 13.5. The second kappa shape index (κ2) is 6.26. The number of hydrogen-bond donors (Lipinski definition) is 1. The average Bonchev–Trinajstić information content (AvgIpc) is 2.89. The molecule has 0 amide bonds. The first-order chi connectivity index (χ1) is 8.74. The largest absolute Gasteiger partial charge is 0.367 e. The SMILES string of the molecule is CCC[C@H](N)c1nc(C2CN(CC)CCO2)no1. The summed E-state index contributed by atoms with van der Waals surface area (Å²) in [5, 5.41) is 3.99. The molecule has 1 aromatic rings. The van der Waals surface area contributed by atoms with Gasteiger partial charge in [0.25, 0.3) is 0 Å². The van der Waals surface area contributed by atoms with Gasteiger partial charge in [0.2, 0.25) is 11.7 Å². The van der Waals surface area contributed by atoms with Crippen molar-refractivity contribution in [1.29, 1.82) is 0 Å². The number of rotatable bonds is 5. The fourth-order valence-corrected chi connectivity index (χ4v) is 2.11. The highest BCUT2D eigenvalue weighted by Gasteiger charge is 2.26. The Morgan fingerprint density at radius 3 is 3.06 bits per heavy atom. The Labute approximate surface area is 107 Å². The van der Waals surface area contributed by atoms with Crippen LogP contribution in [0.1, 0.15) is 50.6 Å². The van der Waals surface area contributed by atoms with Gasteiger partial charge in [0.1, 0.15) is 6.10 Å². The van der Waals surface area contributed by atoms with Crippen LogP contribution in [0, 0.1) is 0 Å². The maximum Gasteiger partial charge on any atom is 0.243 e. The molecule has 0 radical (unpaired) electrons. The average molecular weight is 254 g/mol. The van der Waals surface area contributed by atoms with Gasteiger partial charge in [-0.25, -0.2) is 0 Å². The monoisotopic (exact) mass is 254 g/mol. The van der Waals surface area contributed by atoms with Crippen LogP contribution >= 0.6 is 0 Å². The summed E-state index contributed by atoms with van der Waals surface area (Å²) in [7, 11) is 0. The fourth-order valence-electron chi connectivity index (χ4n) is 2.11. The lowest BCUT2D eigenvalue weighted by atomic mass is 10.2. The molecule has 18 heavy (non-hydrogen) atoms. The minimum atomic E-state index is -0.165. The van der Waals surface area contributed by atoms with E-state index < -0.39 is 0 Å². The van der Waals surface area contributed by atoms with E-state index in [1.165, 1.54) is 0 Å². The van der Waals surface area contributed by atoms with Gasteiger partial charge in [-0.05, 0) is 13.0 Å². The van der Waals surface area contributed by atoms with E-state index in [0.717, 1.165) is 32.5 Å². The van der Waals surface area contributed by atoms with Crippen molar-refractivity contribution in [2.75, 3.05) is 26.2 Å². The lowest BCUT2D eigenvalue weighted by Gasteiger charge is -2.30. The van der Waals surface area contributed by atoms with E-state index in [1.807, 2.05) is 0 Å². The van der Waals surface area contributed by atoms with Crippen LogP contribution in [0.4, 0.5) is 0 Å². The molecule has 1 fully saturated rings. The van der Waals surface area contributed by atoms with E-state index >= 15 is 0 Å². The quantitative estimate of drug-likeness (QED) is 0.852. The molecule has 1 saturated heterocycles. The molecule has 0 aliphatic carbocycles. The second-order valence-electron chi connectivity index (χ2n) is 4.64. The Morgan fingerprint density at radius 2 is 2.33 bits per heavy atom. The minimum absolute atomic E-state index is 0.0926. The topological polar surface area (TPSA) is 77.4 Å². The third-order valence-corrected chi connectivity index (χ3v) is 3.26. The predicted molar refractivity (Wildman–Crippen MR) is 66.9 cm³/mol. The summed E-state index contributed by atoms with van der Waals surface area (Å²) in [5.74, 6) is 1.14. The van der Waals surface area contributed by atoms with Crippen LogP contribution < -0.4 is 5.73 Å². The highest BCUT2D eigenvalue weighted by molar-refractivity contribution is 4.97. The third-order valence-electron chi connectivity index (χ3n) is 3.26.